The van der Waals surface area contributed by atoms with E-state index in [1.165, 1.54) is 44.1 Å². The zero-order valence-electron chi connectivity index (χ0n) is 20.4. The van der Waals surface area contributed by atoms with Crippen LogP contribution in [0, 0.1) is 0 Å². The molecule has 6 rings (SSSR count). The minimum atomic E-state index is -0.164. The Balaban J connectivity index is 1.49. The Labute approximate surface area is 207 Å². The predicted molar refractivity (Wildman–Crippen MR) is 147 cm³/mol. The van der Waals surface area contributed by atoms with Crippen LogP contribution >= 0.6 is 0 Å². The molecule has 0 unspecified atom stereocenters. The average Bonchev–Trinajstić information content (AvgIpc) is 3.45. The van der Waals surface area contributed by atoms with E-state index in [1.807, 2.05) is 0 Å². The first-order chi connectivity index (χ1) is 17.1. The highest BCUT2D eigenvalue weighted by molar-refractivity contribution is 5.90. The Morgan fingerprint density at radius 2 is 0.857 bits per heavy atom. The molecule has 2 nitrogen and oxygen atoms in total. The van der Waals surface area contributed by atoms with Gasteiger partial charge in [0, 0.05) is 52.7 Å². The molecule has 0 bridgehead atoms. The second-order valence-corrected chi connectivity index (χ2v) is 9.97. The largest absolute Gasteiger partial charge is 0.343 e. The van der Waals surface area contributed by atoms with Crippen LogP contribution in [0.4, 0.5) is 0 Å². The summed E-state index contributed by atoms with van der Waals surface area (Å²) in [6.45, 7) is 6.48. The van der Waals surface area contributed by atoms with Crippen molar-refractivity contribution in [3.05, 3.63) is 144 Å². The molecular weight excluding hydrogens is 424 g/mol. The van der Waals surface area contributed by atoms with Gasteiger partial charge in [-0.2, -0.15) is 0 Å². The highest BCUT2D eigenvalue weighted by atomic mass is 15.0. The Morgan fingerprint density at radius 3 is 1.29 bits per heavy atom. The number of aromatic nitrogens is 2. The van der Waals surface area contributed by atoms with Crippen molar-refractivity contribution < 1.29 is 0 Å². The van der Waals surface area contributed by atoms with Crippen molar-refractivity contribution in [1.82, 2.24) is 9.13 Å². The Morgan fingerprint density at radius 1 is 0.486 bits per heavy atom. The lowest BCUT2D eigenvalue weighted by atomic mass is 9.78. The van der Waals surface area contributed by atoms with Crippen molar-refractivity contribution in [2.24, 2.45) is 0 Å². The van der Waals surface area contributed by atoms with Gasteiger partial charge < -0.3 is 9.13 Å². The van der Waals surface area contributed by atoms with Crippen LogP contribution in [-0.2, 0) is 18.5 Å². The predicted octanol–water partition coefficient (Wildman–Crippen LogP) is 8.02. The molecular formula is C33H30N2. The van der Waals surface area contributed by atoms with E-state index in [0.29, 0.717) is 0 Å². The normalized spacial score (nSPS) is 11.9. The quantitative estimate of drug-likeness (QED) is 0.241. The standard InChI is InChI=1S/C33H30N2/c1-33(2,29-23-34(21-25-13-5-3-6-14-25)31-19-11-9-17-27(29)31)30-24-35(22-26-15-7-4-8-16-26)32-20-12-10-18-28(30)32/h3-20,23-24H,21-22H2,1-2H3. The lowest BCUT2D eigenvalue weighted by Gasteiger charge is -2.24. The van der Waals surface area contributed by atoms with Crippen molar-refractivity contribution in [3.8, 4) is 0 Å². The van der Waals surface area contributed by atoms with E-state index in [9.17, 15) is 0 Å². The summed E-state index contributed by atoms with van der Waals surface area (Å²) in [5.41, 5.74) is 7.77. The van der Waals surface area contributed by atoms with Crippen LogP contribution in [0.15, 0.2) is 122 Å². The molecule has 172 valence electrons. The molecule has 0 aliphatic heterocycles. The van der Waals surface area contributed by atoms with Gasteiger partial charge in [0.2, 0.25) is 0 Å². The summed E-state index contributed by atoms with van der Waals surface area (Å²) in [5.74, 6) is 0. The van der Waals surface area contributed by atoms with Gasteiger partial charge in [-0.25, -0.2) is 0 Å². The van der Waals surface area contributed by atoms with Gasteiger partial charge in [-0.15, -0.1) is 0 Å². The molecule has 0 N–H and O–H groups in total. The fourth-order valence-electron chi connectivity index (χ4n) is 5.46. The second-order valence-electron chi connectivity index (χ2n) is 9.97. The lowest BCUT2D eigenvalue weighted by molar-refractivity contribution is 0.642. The van der Waals surface area contributed by atoms with Gasteiger partial charge in [0.15, 0.2) is 0 Å². The zero-order chi connectivity index (χ0) is 23.8. The lowest BCUT2D eigenvalue weighted by Crippen LogP contribution is -2.18. The fraction of sp³-hybridized carbons (Fsp3) is 0.152. The first kappa shape index (κ1) is 21.5. The Bertz CT molecular complexity index is 1480. The molecule has 2 heterocycles. The maximum Gasteiger partial charge on any atom is 0.0486 e. The van der Waals surface area contributed by atoms with Crippen LogP contribution in [-0.4, -0.2) is 9.13 Å². The summed E-state index contributed by atoms with van der Waals surface area (Å²) in [6, 6.07) is 39.1. The molecule has 0 aliphatic rings. The SMILES string of the molecule is CC(C)(c1cn(Cc2ccccc2)c2ccccc12)c1cn(Cc2ccccc2)c2ccccc12. The molecule has 2 heteroatoms. The van der Waals surface area contributed by atoms with E-state index in [2.05, 4.69) is 145 Å². The maximum absolute atomic E-state index is 2.41. The highest BCUT2D eigenvalue weighted by Gasteiger charge is 2.30. The zero-order valence-corrected chi connectivity index (χ0v) is 20.4. The summed E-state index contributed by atoms with van der Waals surface area (Å²) >= 11 is 0. The molecule has 0 spiro atoms. The van der Waals surface area contributed by atoms with Crippen molar-refractivity contribution >= 4 is 21.8 Å². The molecule has 0 saturated carbocycles. The monoisotopic (exact) mass is 454 g/mol. The van der Waals surface area contributed by atoms with Crippen LogP contribution < -0.4 is 0 Å². The molecule has 6 aromatic rings. The third-order valence-electron chi connectivity index (χ3n) is 7.32. The first-order valence-electron chi connectivity index (χ1n) is 12.4. The molecule has 2 aromatic heterocycles. The molecule has 4 aromatic carbocycles. The third kappa shape index (κ3) is 3.85. The van der Waals surface area contributed by atoms with Gasteiger partial charge in [0.25, 0.3) is 0 Å². The third-order valence-corrected chi connectivity index (χ3v) is 7.32. The average molecular weight is 455 g/mol. The Kier molecular flexibility index (Phi) is 5.30. The molecule has 0 amide bonds. The number of hydrogen-bond donors (Lipinski definition) is 0. The second kappa shape index (κ2) is 8.63. The summed E-state index contributed by atoms with van der Waals surface area (Å²) < 4.78 is 4.82. The number of fused-ring (bicyclic) bond motifs is 2. The van der Waals surface area contributed by atoms with E-state index in [0.717, 1.165) is 13.1 Å². The molecule has 0 atom stereocenters. The summed E-state index contributed by atoms with van der Waals surface area (Å²) in [4.78, 5) is 0. The summed E-state index contributed by atoms with van der Waals surface area (Å²) in [7, 11) is 0. The van der Waals surface area contributed by atoms with Gasteiger partial charge in [-0.1, -0.05) is 111 Å². The van der Waals surface area contributed by atoms with Crippen molar-refractivity contribution in [2.45, 2.75) is 32.4 Å². The van der Waals surface area contributed by atoms with Crippen LogP contribution in [0.1, 0.15) is 36.1 Å². The summed E-state index contributed by atoms with van der Waals surface area (Å²) in [5, 5.41) is 2.65. The van der Waals surface area contributed by atoms with Crippen LogP contribution in [0.25, 0.3) is 21.8 Å². The van der Waals surface area contributed by atoms with E-state index < -0.39 is 0 Å². The fourth-order valence-corrected chi connectivity index (χ4v) is 5.46. The number of hydrogen-bond acceptors (Lipinski definition) is 0. The van der Waals surface area contributed by atoms with Gasteiger partial charge in [0.1, 0.15) is 0 Å². The topological polar surface area (TPSA) is 9.86 Å². The summed E-state index contributed by atoms with van der Waals surface area (Å²) in [6.07, 6.45) is 4.75. The minimum absolute atomic E-state index is 0.164. The van der Waals surface area contributed by atoms with E-state index in [4.69, 9.17) is 0 Å². The highest BCUT2D eigenvalue weighted by Crippen LogP contribution is 2.41. The minimum Gasteiger partial charge on any atom is -0.343 e. The Hall–Kier alpha value is -4.04. The van der Waals surface area contributed by atoms with E-state index in [-0.39, 0.29) is 5.41 Å². The maximum atomic E-state index is 2.41. The van der Waals surface area contributed by atoms with Crippen molar-refractivity contribution in [2.75, 3.05) is 0 Å². The first-order valence-corrected chi connectivity index (χ1v) is 12.4. The van der Waals surface area contributed by atoms with Gasteiger partial charge >= 0.3 is 0 Å². The van der Waals surface area contributed by atoms with Crippen molar-refractivity contribution in [3.63, 3.8) is 0 Å². The number of para-hydroxylation sites is 2. The molecule has 0 fully saturated rings. The van der Waals surface area contributed by atoms with Crippen LogP contribution in [0.3, 0.4) is 0 Å². The van der Waals surface area contributed by atoms with Crippen LogP contribution in [0.2, 0.25) is 0 Å². The molecule has 0 saturated heterocycles. The number of rotatable bonds is 6. The molecule has 0 radical (unpaired) electrons. The van der Waals surface area contributed by atoms with Crippen LogP contribution in [0.5, 0.6) is 0 Å². The molecule has 35 heavy (non-hydrogen) atoms. The van der Waals surface area contributed by atoms with Gasteiger partial charge in [0.05, 0.1) is 0 Å². The van der Waals surface area contributed by atoms with Crippen molar-refractivity contribution in [1.29, 1.82) is 0 Å². The molecule has 0 aliphatic carbocycles. The smallest absolute Gasteiger partial charge is 0.0486 e. The number of nitrogens with zero attached hydrogens (tertiary/aromatic N) is 2. The number of benzene rings is 4. The van der Waals surface area contributed by atoms with Gasteiger partial charge in [-0.05, 0) is 34.4 Å². The van der Waals surface area contributed by atoms with E-state index >= 15 is 0 Å². The van der Waals surface area contributed by atoms with Gasteiger partial charge in [-0.3, -0.25) is 0 Å². The van der Waals surface area contributed by atoms with E-state index in [1.54, 1.807) is 0 Å².